The SMILES string of the molecule is COc1ncc(/C(C(C)=NCC#N)=C(\C)N)cc1-c1cnc(N2CC(F)C2)nc1CN1C(=O)OC(c2cc(C(F)(F)F)cc(C(F)(F)F)c2)C1C. The van der Waals surface area contributed by atoms with E-state index >= 15 is 0 Å². The summed E-state index contributed by atoms with van der Waals surface area (Å²) < 4.78 is 107. The Morgan fingerprint density at radius 3 is 2.25 bits per heavy atom. The van der Waals surface area contributed by atoms with Crippen LogP contribution in [0.15, 0.2) is 47.3 Å². The fourth-order valence-electron chi connectivity index (χ4n) is 5.86. The van der Waals surface area contributed by atoms with Crippen molar-refractivity contribution in [1.29, 1.82) is 5.26 Å². The number of alkyl halides is 7. The average Bonchev–Trinajstić information content (AvgIpc) is 3.33. The third-order valence-electron chi connectivity index (χ3n) is 8.39. The lowest BCUT2D eigenvalue weighted by Gasteiger charge is -2.34. The zero-order valence-corrected chi connectivity index (χ0v) is 27.6. The van der Waals surface area contributed by atoms with Crippen molar-refractivity contribution in [2.45, 2.75) is 58.0 Å². The zero-order valence-electron chi connectivity index (χ0n) is 27.6. The second-order valence-electron chi connectivity index (χ2n) is 11.9. The van der Waals surface area contributed by atoms with Crippen LogP contribution in [0.1, 0.15) is 54.8 Å². The van der Waals surface area contributed by atoms with Crippen molar-refractivity contribution >= 4 is 23.3 Å². The van der Waals surface area contributed by atoms with Gasteiger partial charge in [-0.25, -0.2) is 24.1 Å². The Morgan fingerprint density at radius 1 is 1.06 bits per heavy atom. The number of hydrogen-bond acceptors (Lipinski definition) is 10. The van der Waals surface area contributed by atoms with Crippen LogP contribution in [0.5, 0.6) is 5.88 Å². The molecule has 2 atom stereocenters. The number of aliphatic imine (C=N–C) groups is 1. The summed E-state index contributed by atoms with van der Waals surface area (Å²) in [5.41, 5.74) is 5.12. The Bertz CT molecular complexity index is 1900. The highest BCUT2D eigenvalue weighted by atomic mass is 19.4. The van der Waals surface area contributed by atoms with E-state index in [-0.39, 0.29) is 55.3 Å². The predicted octanol–water partition coefficient (Wildman–Crippen LogP) is 6.50. The van der Waals surface area contributed by atoms with Crippen molar-refractivity contribution in [3.05, 3.63) is 70.3 Å². The van der Waals surface area contributed by atoms with Gasteiger partial charge < -0.3 is 20.1 Å². The first kappa shape index (κ1) is 36.8. The van der Waals surface area contributed by atoms with Crippen molar-refractivity contribution in [2.24, 2.45) is 10.7 Å². The molecule has 0 saturated carbocycles. The number of aromatic nitrogens is 3. The first-order chi connectivity index (χ1) is 23.9. The molecular formula is C33H31F7N8O3. The van der Waals surface area contributed by atoms with E-state index in [2.05, 4.69) is 19.9 Å². The molecule has 0 radical (unpaired) electrons. The van der Waals surface area contributed by atoms with Crippen LogP contribution in [0.25, 0.3) is 16.7 Å². The van der Waals surface area contributed by atoms with E-state index in [1.54, 1.807) is 24.8 Å². The van der Waals surface area contributed by atoms with Crippen molar-refractivity contribution in [2.75, 3.05) is 31.6 Å². The van der Waals surface area contributed by atoms with Crippen molar-refractivity contribution in [3.8, 4) is 23.1 Å². The summed E-state index contributed by atoms with van der Waals surface area (Å²) in [6.07, 6.45) is -11.0. The molecule has 0 bridgehead atoms. The number of nitrogens with two attached hydrogens (primary N) is 1. The summed E-state index contributed by atoms with van der Waals surface area (Å²) in [6.45, 7) is 4.25. The molecule has 2 unspecified atom stereocenters. The number of rotatable bonds is 9. The number of nitriles is 1. The van der Waals surface area contributed by atoms with Crippen molar-refractivity contribution in [1.82, 2.24) is 19.9 Å². The lowest BCUT2D eigenvalue weighted by atomic mass is 9.96. The summed E-state index contributed by atoms with van der Waals surface area (Å²) in [7, 11) is 1.36. The first-order valence-corrected chi connectivity index (χ1v) is 15.3. The minimum atomic E-state index is -5.11. The van der Waals surface area contributed by atoms with Gasteiger partial charge in [0.15, 0.2) is 0 Å². The fourth-order valence-corrected chi connectivity index (χ4v) is 5.86. The second kappa shape index (κ2) is 14.0. The van der Waals surface area contributed by atoms with E-state index in [0.717, 1.165) is 4.90 Å². The van der Waals surface area contributed by atoms with Crippen LogP contribution in [0, 0.1) is 11.3 Å². The Kier molecular flexibility index (Phi) is 10.1. The standard InChI is InChI=1S/C33H31F7N8O3/c1-16(42)27(17(2)43-6-5-41)20-9-24(29(50-4)44-11-20)25-12-45-30(47-13-23(34)14-47)46-26(25)15-48-18(3)28(51-31(48)49)19-7-21(32(35,36)37)10-22(8-19)33(38,39)40/h7-12,18,23,28H,6,13-15,42H2,1-4H3/b27-16+,43-17?. The molecule has 1 amide bonds. The van der Waals surface area contributed by atoms with Crippen LogP contribution < -0.4 is 15.4 Å². The first-order valence-electron chi connectivity index (χ1n) is 15.3. The van der Waals surface area contributed by atoms with Crippen LogP contribution in [-0.4, -0.2) is 70.6 Å². The van der Waals surface area contributed by atoms with E-state index in [1.807, 2.05) is 6.07 Å². The van der Waals surface area contributed by atoms with Crippen molar-refractivity contribution < 1.29 is 45.0 Å². The number of benzene rings is 1. The molecule has 1 aromatic carbocycles. The molecule has 2 aliphatic heterocycles. The molecule has 2 N–H and O–H groups in total. The minimum absolute atomic E-state index is 0.00561. The maximum Gasteiger partial charge on any atom is 0.416 e. The molecule has 18 heteroatoms. The van der Waals surface area contributed by atoms with Gasteiger partial charge in [-0.05, 0) is 50.6 Å². The maximum absolute atomic E-state index is 13.8. The number of nitrogens with zero attached hydrogens (tertiary/aromatic N) is 7. The number of pyridine rings is 1. The highest BCUT2D eigenvalue weighted by Gasteiger charge is 2.44. The van der Waals surface area contributed by atoms with Gasteiger partial charge in [-0.15, -0.1) is 0 Å². The molecular weight excluding hydrogens is 689 g/mol. The highest BCUT2D eigenvalue weighted by Crippen LogP contribution is 2.42. The van der Waals surface area contributed by atoms with Crippen LogP contribution in [0.4, 0.5) is 41.5 Å². The van der Waals surface area contributed by atoms with Crippen LogP contribution in [-0.2, 0) is 23.6 Å². The molecule has 270 valence electrons. The summed E-state index contributed by atoms with van der Waals surface area (Å²) in [5.74, 6) is 0.219. The monoisotopic (exact) mass is 720 g/mol. The van der Waals surface area contributed by atoms with Gasteiger partial charge in [0.1, 0.15) is 18.8 Å². The Hall–Kier alpha value is -5.47. The van der Waals surface area contributed by atoms with Crippen molar-refractivity contribution in [3.63, 3.8) is 0 Å². The average molecular weight is 721 g/mol. The predicted molar refractivity (Wildman–Crippen MR) is 170 cm³/mol. The van der Waals surface area contributed by atoms with Crippen LogP contribution in [0.3, 0.4) is 0 Å². The normalized spacial score (nSPS) is 19.0. The number of anilines is 1. The second-order valence-corrected chi connectivity index (χ2v) is 11.9. The lowest BCUT2D eigenvalue weighted by Crippen LogP contribution is -2.49. The van der Waals surface area contributed by atoms with E-state index in [4.69, 9.17) is 20.5 Å². The van der Waals surface area contributed by atoms with Gasteiger partial charge in [-0.3, -0.25) is 9.89 Å². The number of methoxy groups -OCH3 is 1. The molecule has 5 rings (SSSR count). The van der Waals surface area contributed by atoms with E-state index < -0.39 is 53.5 Å². The maximum atomic E-state index is 13.8. The molecule has 11 nitrogen and oxygen atoms in total. The fraction of sp³-hybridized carbons (Fsp3) is 0.394. The Morgan fingerprint density at radius 2 is 1.71 bits per heavy atom. The zero-order chi connectivity index (χ0) is 37.4. The molecule has 3 aromatic rings. The van der Waals surface area contributed by atoms with Gasteiger partial charge in [0.25, 0.3) is 0 Å². The third-order valence-corrected chi connectivity index (χ3v) is 8.39. The lowest BCUT2D eigenvalue weighted by molar-refractivity contribution is -0.143. The number of allylic oxidation sites excluding steroid dienone is 2. The molecule has 4 heterocycles. The van der Waals surface area contributed by atoms with Gasteiger partial charge in [-0.2, -0.15) is 31.6 Å². The molecule has 0 spiro atoms. The quantitative estimate of drug-likeness (QED) is 0.149. The summed E-state index contributed by atoms with van der Waals surface area (Å²) in [4.78, 5) is 33.6. The number of cyclic esters (lactones) is 1. The van der Waals surface area contributed by atoms with Gasteiger partial charge in [0, 0.05) is 46.1 Å². The number of carbonyl (C=O) groups excluding carboxylic acids is 1. The van der Waals surface area contributed by atoms with E-state index in [9.17, 15) is 35.5 Å². The highest BCUT2D eigenvalue weighted by molar-refractivity contribution is 6.23. The summed E-state index contributed by atoms with van der Waals surface area (Å²) >= 11 is 0. The van der Waals surface area contributed by atoms with E-state index in [1.165, 1.54) is 26.4 Å². The largest absolute Gasteiger partial charge is 0.481 e. The minimum Gasteiger partial charge on any atom is -0.481 e. The van der Waals surface area contributed by atoms with Crippen LogP contribution >= 0.6 is 0 Å². The molecule has 2 aliphatic rings. The number of hydrogen-bond donors (Lipinski definition) is 1. The summed E-state index contributed by atoms with van der Waals surface area (Å²) in [6, 6.07) is 3.55. The van der Waals surface area contributed by atoms with Gasteiger partial charge in [-0.1, -0.05) is 0 Å². The number of amides is 1. The van der Waals surface area contributed by atoms with E-state index in [0.29, 0.717) is 40.2 Å². The Labute approximate surface area is 287 Å². The Balaban J connectivity index is 1.59. The number of ether oxygens (including phenoxy) is 2. The van der Waals surface area contributed by atoms with Crippen LogP contribution in [0.2, 0.25) is 0 Å². The van der Waals surface area contributed by atoms with Gasteiger partial charge in [0.2, 0.25) is 11.8 Å². The third kappa shape index (κ3) is 7.66. The topological polar surface area (TPSA) is 143 Å². The number of halogens is 7. The molecule has 51 heavy (non-hydrogen) atoms. The summed E-state index contributed by atoms with van der Waals surface area (Å²) in [5, 5.41) is 9.02. The molecule has 0 aliphatic carbocycles. The molecule has 2 aromatic heterocycles. The molecule has 2 fully saturated rings. The van der Waals surface area contributed by atoms with Gasteiger partial charge in [0.05, 0.1) is 55.7 Å². The smallest absolute Gasteiger partial charge is 0.416 e. The van der Waals surface area contributed by atoms with Gasteiger partial charge >= 0.3 is 18.4 Å². The number of carbonyl (C=O) groups is 1. The molecule has 2 saturated heterocycles.